The summed E-state index contributed by atoms with van der Waals surface area (Å²) in [6, 6.07) is 7.55. The monoisotopic (exact) mass is 234 g/mol. The van der Waals surface area contributed by atoms with Crippen molar-refractivity contribution in [1.82, 2.24) is 5.32 Å². The third kappa shape index (κ3) is 2.77. The maximum Gasteiger partial charge on any atom is 0.255 e. The predicted molar refractivity (Wildman–Crippen MR) is 66.0 cm³/mol. The van der Waals surface area contributed by atoms with Gasteiger partial charge >= 0.3 is 0 Å². The number of nitrogens with two attached hydrogens (primary N) is 1. The van der Waals surface area contributed by atoms with Crippen LogP contribution in [0.1, 0.15) is 23.2 Å². The zero-order chi connectivity index (χ0) is 12.3. The van der Waals surface area contributed by atoms with E-state index in [1.807, 2.05) is 12.1 Å². The van der Waals surface area contributed by atoms with Crippen molar-refractivity contribution in [2.45, 2.75) is 18.9 Å². The molecule has 0 heterocycles. The summed E-state index contributed by atoms with van der Waals surface area (Å²) < 4.78 is 5.15. The molecule has 1 aromatic rings. The second-order valence-corrected chi connectivity index (χ2v) is 4.51. The van der Waals surface area contributed by atoms with Crippen LogP contribution in [0.5, 0.6) is 5.75 Å². The van der Waals surface area contributed by atoms with Gasteiger partial charge in [0.25, 0.3) is 5.91 Å². The van der Waals surface area contributed by atoms with Crippen LogP contribution in [-0.2, 0) is 0 Å². The van der Waals surface area contributed by atoms with Crippen molar-refractivity contribution in [2.24, 2.45) is 11.7 Å². The normalized spacial score (nSPS) is 22.7. The van der Waals surface area contributed by atoms with E-state index in [1.165, 1.54) is 0 Å². The fraction of sp³-hybridized carbons (Fsp3) is 0.462. The van der Waals surface area contributed by atoms with E-state index in [0.717, 1.165) is 12.8 Å². The Kier molecular flexibility index (Phi) is 3.64. The number of carbonyl (C=O) groups excluding carboxylic acids is 1. The van der Waals surface area contributed by atoms with Gasteiger partial charge in [-0.2, -0.15) is 0 Å². The van der Waals surface area contributed by atoms with Crippen LogP contribution in [0.25, 0.3) is 0 Å². The van der Waals surface area contributed by atoms with Gasteiger partial charge in [0.15, 0.2) is 0 Å². The van der Waals surface area contributed by atoms with E-state index in [0.29, 0.717) is 29.8 Å². The molecule has 0 saturated heterocycles. The smallest absolute Gasteiger partial charge is 0.255 e. The fourth-order valence-corrected chi connectivity index (χ4v) is 2.12. The van der Waals surface area contributed by atoms with Crippen LogP contribution in [0.3, 0.4) is 0 Å². The van der Waals surface area contributed by atoms with Gasteiger partial charge in [-0.05, 0) is 30.9 Å². The van der Waals surface area contributed by atoms with Gasteiger partial charge in [0.05, 0.1) is 12.7 Å². The Morgan fingerprint density at radius 3 is 2.82 bits per heavy atom. The topological polar surface area (TPSA) is 64.3 Å². The summed E-state index contributed by atoms with van der Waals surface area (Å²) in [5, 5.41) is 2.92. The number of para-hydroxylation sites is 1. The van der Waals surface area contributed by atoms with Gasteiger partial charge in [0.1, 0.15) is 5.75 Å². The standard InChI is InChI=1S/C13H18N2O2/c1-17-12-5-3-2-4-11(12)13(16)15-8-9-6-10(14)7-9/h2-5,9-10H,6-8,14H2,1H3,(H,15,16). The number of amides is 1. The highest BCUT2D eigenvalue weighted by molar-refractivity contribution is 5.96. The maximum atomic E-state index is 11.9. The Hall–Kier alpha value is -1.55. The van der Waals surface area contributed by atoms with E-state index in [1.54, 1.807) is 19.2 Å². The van der Waals surface area contributed by atoms with Gasteiger partial charge in [-0.25, -0.2) is 0 Å². The number of rotatable bonds is 4. The highest BCUT2D eigenvalue weighted by Crippen LogP contribution is 2.24. The molecular formula is C13H18N2O2. The highest BCUT2D eigenvalue weighted by Gasteiger charge is 2.26. The lowest BCUT2D eigenvalue weighted by atomic mass is 9.81. The van der Waals surface area contributed by atoms with E-state index < -0.39 is 0 Å². The molecule has 92 valence electrons. The molecular weight excluding hydrogens is 216 g/mol. The van der Waals surface area contributed by atoms with E-state index in [9.17, 15) is 4.79 Å². The first-order chi connectivity index (χ1) is 8.20. The minimum atomic E-state index is -0.0806. The molecule has 2 rings (SSSR count). The molecule has 1 aliphatic rings. The quantitative estimate of drug-likeness (QED) is 0.821. The Morgan fingerprint density at radius 1 is 1.47 bits per heavy atom. The minimum absolute atomic E-state index is 0.0806. The molecule has 1 amide bonds. The minimum Gasteiger partial charge on any atom is -0.496 e. The predicted octanol–water partition coefficient (Wildman–Crippen LogP) is 1.16. The molecule has 0 radical (unpaired) electrons. The number of hydrogen-bond acceptors (Lipinski definition) is 3. The number of hydrogen-bond donors (Lipinski definition) is 2. The Balaban J connectivity index is 1.90. The van der Waals surface area contributed by atoms with Crippen LogP contribution in [0.2, 0.25) is 0 Å². The van der Waals surface area contributed by atoms with Crippen molar-refractivity contribution in [3.8, 4) is 5.75 Å². The molecule has 4 nitrogen and oxygen atoms in total. The van der Waals surface area contributed by atoms with Crippen LogP contribution >= 0.6 is 0 Å². The number of methoxy groups -OCH3 is 1. The number of benzene rings is 1. The summed E-state index contributed by atoms with van der Waals surface area (Å²) in [6.45, 7) is 0.699. The lowest BCUT2D eigenvalue weighted by Crippen LogP contribution is -2.42. The molecule has 0 atom stereocenters. The maximum absolute atomic E-state index is 11.9. The van der Waals surface area contributed by atoms with Crippen molar-refractivity contribution >= 4 is 5.91 Å². The van der Waals surface area contributed by atoms with Crippen molar-refractivity contribution in [3.05, 3.63) is 29.8 Å². The molecule has 1 aliphatic carbocycles. The second-order valence-electron chi connectivity index (χ2n) is 4.51. The zero-order valence-corrected chi connectivity index (χ0v) is 9.98. The van der Waals surface area contributed by atoms with Crippen molar-refractivity contribution in [2.75, 3.05) is 13.7 Å². The highest BCUT2D eigenvalue weighted by atomic mass is 16.5. The molecule has 0 bridgehead atoms. The molecule has 1 aromatic carbocycles. The Morgan fingerprint density at radius 2 is 2.18 bits per heavy atom. The largest absolute Gasteiger partial charge is 0.496 e. The molecule has 4 heteroatoms. The first-order valence-corrected chi connectivity index (χ1v) is 5.87. The van der Waals surface area contributed by atoms with Crippen LogP contribution in [-0.4, -0.2) is 25.6 Å². The van der Waals surface area contributed by atoms with Crippen LogP contribution in [0.4, 0.5) is 0 Å². The van der Waals surface area contributed by atoms with E-state index in [4.69, 9.17) is 10.5 Å². The average molecular weight is 234 g/mol. The molecule has 0 aliphatic heterocycles. The summed E-state index contributed by atoms with van der Waals surface area (Å²) >= 11 is 0. The van der Waals surface area contributed by atoms with Crippen LogP contribution < -0.4 is 15.8 Å². The summed E-state index contributed by atoms with van der Waals surface area (Å²) in [7, 11) is 1.57. The first kappa shape index (κ1) is 11.9. The van der Waals surface area contributed by atoms with Crippen molar-refractivity contribution in [3.63, 3.8) is 0 Å². The molecule has 1 fully saturated rings. The summed E-state index contributed by atoms with van der Waals surface area (Å²) in [4.78, 5) is 11.9. The third-order valence-electron chi connectivity index (χ3n) is 3.18. The number of ether oxygens (including phenoxy) is 1. The second kappa shape index (κ2) is 5.19. The zero-order valence-electron chi connectivity index (χ0n) is 9.98. The molecule has 3 N–H and O–H groups in total. The fourth-order valence-electron chi connectivity index (χ4n) is 2.12. The summed E-state index contributed by atoms with van der Waals surface area (Å²) in [6.07, 6.45) is 2.01. The molecule has 1 saturated carbocycles. The lowest BCUT2D eigenvalue weighted by molar-refractivity contribution is 0.0932. The molecule has 0 aromatic heterocycles. The van der Waals surface area contributed by atoms with Gasteiger partial charge in [-0.1, -0.05) is 12.1 Å². The van der Waals surface area contributed by atoms with Crippen molar-refractivity contribution < 1.29 is 9.53 Å². The lowest BCUT2D eigenvalue weighted by Gasteiger charge is -2.32. The molecule has 0 unspecified atom stereocenters. The van der Waals surface area contributed by atoms with Gasteiger partial charge in [-0.3, -0.25) is 4.79 Å². The Bertz CT molecular complexity index is 400. The van der Waals surface area contributed by atoms with Gasteiger partial charge in [0.2, 0.25) is 0 Å². The van der Waals surface area contributed by atoms with E-state index >= 15 is 0 Å². The summed E-state index contributed by atoms with van der Waals surface area (Å²) in [5.74, 6) is 1.06. The SMILES string of the molecule is COc1ccccc1C(=O)NCC1CC(N)C1. The summed E-state index contributed by atoms with van der Waals surface area (Å²) in [5.41, 5.74) is 6.28. The first-order valence-electron chi connectivity index (χ1n) is 5.87. The average Bonchev–Trinajstić information content (AvgIpc) is 2.32. The molecule has 17 heavy (non-hydrogen) atoms. The van der Waals surface area contributed by atoms with Crippen LogP contribution in [0.15, 0.2) is 24.3 Å². The van der Waals surface area contributed by atoms with Gasteiger partial charge in [-0.15, -0.1) is 0 Å². The van der Waals surface area contributed by atoms with E-state index in [-0.39, 0.29) is 5.91 Å². The third-order valence-corrected chi connectivity index (χ3v) is 3.18. The van der Waals surface area contributed by atoms with Crippen LogP contribution in [0, 0.1) is 5.92 Å². The van der Waals surface area contributed by atoms with E-state index in [2.05, 4.69) is 5.32 Å². The van der Waals surface area contributed by atoms with Crippen molar-refractivity contribution in [1.29, 1.82) is 0 Å². The van der Waals surface area contributed by atoms with Gasteiger partial charge < -0.3 is 15.8 Å². The number of nitrogens with one attached hydrogen (secondary N) is 1. The van der Waals surface area contributed by atoms with Gasteiger partial charge in [0, 0.05) is 12.6 Å². The number of carbonyl (C=O) groups is 1. The Labute approximate surface area is 101 Å². The molecule has 0 spiro atoms.